The van der Waals surface area contributed by atoms with Crippen LogP contribution in [0.25, 0.3) is 0 Å². The Kier molecular flexibility index (Phi) is 7.32. The minimum atomic E-state index is -0.889. The molecule has 1 aromatic carbocycles. The van der Waals surface area contributed by atoms with Crippen LogP contribution in [-0.2, 0) is 14.3 Å². The number of fused-ring (bicyclic) bond motifs is 1. The third kappa shape index (κ3) is 4.88. The van der Waals surface area contributed by atoms with E-state index in [1.165, 1.54) is 4.90 Å². The predicted octanol–water partition coefficient (Wildman–Crippen LogP) is 1.05. The summed E-state index contributed by atoms with van der Waals surface area (Å²) in [6.07, 6.45) is 2.18. The number of nitrogens with zero attached hydrogens (tertiary/aromatic N) is 3. The van der Waals surface area contributed by atoms with E-state index < -0.39 is 24.3 Å². The summed E-state index contributed by atoms with van der Waals surface area (Å²) in [4.78, 5) is 45.5. The van der Waals surface area contributed by atoms with Crippen LogP contribution in [0.2, 0.25) is 0 Å². The second-order valence-corrected chi connectivity index (χ2v) is 10.9. The van der Waals surface area contributed by atoms with Gasteiger partial charge in [-0.1, -0.05) is 12.8 Å². The van der Waals surface area contributed by atoms with Crippen LogP contribution in [0.3, 0.4) is 0 Å². The molecule has 1 saturated carbocycles. The predicted molar refractivity (Wildman–Crippen MR) is 135 cm³/mol. The third-order valence-corrected chi connectivity index (χ3v) is 8.40. The van der Waals surface area contributed by atoms with Gasteiger partial charge in [0.15, 0.2) is 5.78 Å². The van der Waals surface area contributed by atoms with Crippen LogP contribution >= 0.6 is 0 Å². The summed E-state index contributed by atoms with van der Waals surface area (Å²) in [7, 11) is 0. The van der Waals surface area contributed by atoms with Gasteiger partial charge in [-0.05, 0) is 56.9 Å². The van der Waals surface area contributed by atoms with Gasteiger partial charge in [-0.15, -0.1) is 0 Å². The third-order valence-electron chi connectivity index (χ3n) is 8.40. The number of amides is 2. The number of nitrogens with one attached hydrogen (secondary N) is 1. The molecule has 0 unspecified atom stereocenters. The van der Waals surface area contributed by atoms with E-state index >= 15 is 0 Å². The van der Waals surface area contributed by atoms with Gasteiger partial charge in [0.25, 0.3) is 5.91 Å². The van der Waals surface area contributed by atoms with E-state index in [9.17, 15) is 19.5 Å². The van der Waals surface area contributed by atoms with Crippen molar-refractivity contribution < 1.29 is 24.2 Å². The van der Waals surface area contributed by atoms with Crippen LogP contribution in [0.15, 0.2) is 24.3 Å². The molecule has 196 valence electrons. The Hall–Kier alpha value is -2.49. The number of piperazine rings is 1. The molecule has 0 spiro atoms. The number of ketones is 1. The largest absolute Gasteiger partial charge is 0.388 e. The summed E-state index contributed by atoms with van der Waals surface area (Å²) < 4.78 is 5.43. The fourth-order valence-electron chi connectivity index (χ4n) is 6.25. The average Bonchev–Trinajstić information content (AvgIpc) is 3.62. The maximum Gasteiger partial charge on any atom is 0.251 e. The Labute approximate surface area is 212 Å². The molecule has 5 rings (SSSR count). The number of Topliss-reactive ketones (excluding diaryl/α,β-unsaturated/α-hetero) is 1. The lowest BCUT2D eigenvalue weighted by atomic mass is 9.95. The van der Waals surface area contributed by atoms with Gasteiger partial charge in [-0.25, -0.2) is 0 Å². The smallest absolute Gasteiger partial charge is 0.251 e. The van der Waals surface area contributed by atoms with Crippen LogP contribution < -0.4 is 10.2 Å². The first-order chi connectivity index (χ1) is 17.3. The van der Waals surface area contributed by atoms with Crippen molar-refractivity contribution in [1.82, 2.24) is 15.1 Å². The normalized spacial score (nSPS) is 28.1. The van der Waals surface area contributed by atoms with Crippen LogP contribution in [0.1, 0.15) is 49.9 Å². The van der Waals surface area contributed by atoms with Crippen LogP contribution in [0, 0.1) is 5.92 Å². The molecule has 4 atom stereocenters. The molecule has 0 bridgehead atoms. The van der Waals surface area contributed by atoms with Crippen molar-refractivity contribution in [2.75, 3.05) is 44.2 Å². The van der Waals surface area contributed by atoms with Gasteiger partial charge >= 0.3 is 0 Å². The summed E-state index contributed by atoms with van der Waals surface area (Å²) in [5, 5.41) is 13.3. The van der Waals surface area contributed by atoms with Crippen molar-refractivity contribution in [3.63, 3.8) is 0 Å². The first-order valence-corrected chi connectivity index (χ1v) is 13.4. The van der Waals surface area contributed by atoms with Crippen LogP contribution in [0.5, 0.6) is 0 Å². The Balaban J connectivity index is 1.27. The zero-order valence-corrected chi connectivity index (χ0v) is 21.3. The molecule has 2 amide bonds. The Morgan fingerprint density at radius 2 is 1.72 bits per heavy atom. The van der Waals surface area contributed by atoms with Gasteiger partial charge in [-0.3, -0.25) is 19.3 Å². The van der Waals surface area contributed by atoms with Gasteiger partial charge in [-0.2, -0.15) is 0 Å². The van der Waals surface area contributed by atoms with Gasteiger partial charge in [0.05, 0.1) is 6.54 Å². The number of benzene rings is 1. The number of carbonyl (C=O) groups is 3. The summed E-state index contributed by atoms with van der Waals surface area (Å²) in [6, 6.07) is 6.65. The number of β-amino-alcohol motifs (C(OH)–C–C–N with tert-alkyl or cyclic N) is 1. The zero-order chi connectivity index (χ0) is 25.4. The number of likely N-dealkylation sites (tertiary alicyclic amines) is 1. The number of hydrogen-bond donors (Lipinski definition) is 2. The SMILES string of the molecule is CC(C)N1CCN(c2ccc(C(=O)N[C@H](C(=O)N3C[C@H](O)[C@H]4OCC(=O)[C@H]43)C3CCCC3)cc2)CC1. The van der Waals surface area contributed by atoms with E-state index in [2.05, 4.69) is 29.0 Å². The molecule has 0 aromatic heterocycles. The Bertz CT molecular complexity index is 969. The lowest BCUT2D eigenvalue weighted by molar-refractivity contribution is -0.139. The molecule has 9 nitrogen and oxygen atoms in total. The fraction of sp³-hybridized carbons (Fsp3) is 0.667. The van der Waals surface area contributed by atoms with Crippen LogP contribution in [0.4, 0.5) is 5.69 Å². The average molecular weight is 499 g/mol. The van der Waals surface area contributed by atoms with E-state index in [4.69, 9.17) is 4.74 Å². The summed E-state index contributed by atoms with van der Waals surface area (Å²) in [5.41, 5.74) is 1.60. The Morgan fingerprint density at radius 1 is 1.06 bits per heavy atom. The zero-order valence-electron chi connectivity index (χ0n) is 21.3. The van der Waals surface area contributed by atoms with Gasteiger partial charge in [0, 0.05) is 43.5 Å². The summed E-state index contributed by atoms with van der Waals surface area (Å²) >= 11 is 0. The second kappa shape index (κ2) is 10.5. The van der Waals surface area contributed by atoms with E-state index in [0.29, 0.717) is 11.6 Å². The molecule has 4 aliphatic rings. The minimum Gasteiger partial charge on any atom is -0.388 e. The fourth-order valence-corrected chi connectivity index (χ4v) is 6.25. The minimum absolute atomic E-state index is 0.0200. The molecule has 4 fully saturated rings. The van der Waals surface area contributed by atoms with Gasteiger partial charge < -0.3 is 25.0 Å². The first kappa shape index (κ1) is 25.2. The van der Waals surface area contributed by atoms with Gasteiger partial charge in [0.2, 0.25) is 5.91 Å². The van der Waals surface area contributed by atoms with Gasteiger partial charge in [0.1, 0.15) is 30.9 Å². The van der Waals surface area contributed by atoms with Crippen molar-refractivity contribution >= 4 is 23.3 Å². The van der Waals surface area contributed by atoms with E-state index in [0.717, 1.165) is 57.5 Å². The molecule has 1 aliphatic carbocycles. The maximum atomic E-state index is 13.6. The number of carbonyl (C=O) groups excluding carboxylic acids is 3. The molecule has 3 heterocycles. The maximum absolute atomic E-state index is 13.6. The highest BCUT2D eigenvalue weighted by molar-refractivity contribution is 5.99. The number of anilines is 1. The van der Waals surface area contributed by atoms with Crippen molar-refractivity contribution in [1.29, 1.82) is 0 Å². The highest BCUT2D eigenvalue weighted by atomic mass is 16.5. The van der Waals surface area contributed by atoms with Crippen molar-refractivity contribution in [3.8, 4) is 0 Å². The lowest BCUT2D eigenvalue weighted by Crippen LogP contribution is -2.54. The molecule has 9 heteroatoms. The standard InChI is InChI=1S/C27H38N4O5/c1-17(2)29-11-13-30(14-12-29)20-9-7-19(8-10-20)26(34)28-23(18-5-3-4-6-18)27(35)31-15-21(32)25-24(31)22(33)16-36-25/h7-10,17-18,21,23-25,32H,3-6,11-16H2,1-2H3,(H,28,34)/t21-,23-,24+,25+/m0/s1. The number of aliphatic hydroxyl groups is 1. The van der Waals surface area contributed by atoms with E-state index in [-0.39, 0.29) is 36.7 Å². The van der Waals surface area contributed by atoms with Crippen molar-refractivity contribution in [3.05, 3.63) is 29.8 Å². The number of aliphatic hydroxyl groups excluding tert-OH is 1. The lowest BCUT2D eigenvalue weighted by Gasteiger charge is -2.38. The summed E-state index contributed by atoms with van der Waals surface area (Å²) in [5.74, 6) is -0.750. The number of hydrogen-bond acceptors (Lipinski definition) is 7. The second-order valence-electron chi connectivity index (χ2n) is 10.9. The monoisotopic (exact) mass is 498 g/mol. The molecule has 3 saturated heterocycles. The van der Waals surface area contributed by atoms with Crippen LogP contribution in [-0.4, -0.2) is 102 Å². The van der Waals surface area contributed by atoms with Crippen molar-refractivity contribution in [2.45, 2.75) is 69.9 Å². The molecule has 2 N–H and O–H groups in total. The molecule has 36 heavy (non-hydrogen) atoms. The van der Waals surface area contributed by atoms with Crippen molar-refractivity contribution in [2.24, 2.45) is 5.92 Å². The number of ether oxygens (including phenoxy) is 1. The highest BCUT2D eigenvalue weighted by Crippen LogP contribution is 2.33. The molecular weight excluding hydrogens is 460 g/mol. The number of rotatable bonds is 6. The summed E-state index contributed by atoms with van der Waals surface area (Å²) in [6.45, 7) is 8.35. The topological polar surface area (TPSA) is 102 Å². The van der Waals surface area contributed by atoms with E-state index in [1.54, 1.807) is 0 Å². The van der Waals surface area contributed by atoms with E-state index in [1.807, 2.05) is 24.3 Å². The molecule has 3 aliphatic heterocycles. The first-order valence-electron chi connectivity index (χ1n) is 13.4. The molecular formula is C27H38N4O5. The Morgan fingerprint density at radius 3 is 2.36 bits per heavy atom. The quantitative estimate of drug-likeness (QED) is 0.604. The molecule has 1 aromatic rings. The highest BCUT2D eigenvalue weighted by Gasteiger charge is 2.53. The molecule has 0 radical (unpaired) electrons.